The lowest BCUT2D eigenvalue weighted by atomic mass is 9.99. The molecule has 6 nitrogen and oxygen atoms in total. The van der Waals surface area contributed by atoms with Crippen molar-refractivity contribution in [2.45, 2.75) is 27.1 Å². The second-order valence-corrected chi connectivity index (χ2v) is 16.4. The molecular formula is C58H44N2O4. The van der Waals surface area contributed by atoms with E-state index in [4.69, 9.17) is 9.47 Å². The molecule has 0 bridgehead atoms. The van der Waals surface area contributed by atoms with Gasteiger partial charge in [-0.15, -0.1) is 0 Å². The molecule has 0 fully saturated rings. The largest absolute Gasteiger partial charge is 0.505 e. The SMILES string of the molecule is Cc1cc(-c2ccccc2OCc2ccccc2COc2ccccc2-c2cc(C)cc(-n3c4ccccc4c4ccccc43)c2O)c(O)c(-n2c3ccccc3c3ccccc32)c1. The van der Waals surface area contributed by atoms with Crippen LogP contribution in [0.1, 0.15) is 22.3 Å². The van der Waals surface area contributed by atoms with Crippen LogP contribution in [0.15, 0.2) is 194 Å². The van der Waals surface area contributed by atoms with Crippen LogP contribution in [0.2, 0.25) is 0 Å². The maximum absolute atomic E-state index is 12.2. The lowest BCUT2D eigenvalue weighted by molar-refractivity contribution is 0.286. The van der Waals surface area contributed by atoms with E-state index in [0.717, 1.165) is 77.0 Å². The Morgan fingerprint density at radius 3 is 1.05 bits per heavy atom. The maximum atomic E-state index is 12.2. The molecule has 2 aromatic heterocycles. The Bertz CT molecular complexity index is 3240. The Hall–Kier alpha value is -8.22. The number of para-hydroxylation sites is 6. The van der Waals surface area contributed by atoms with Gasteiger partial charge in [0.1, 0.15) is 36.2 Å². The fraction of sp³-hybridized carbons (Fsp3) is 0.0690. The Labute approximate surface area is 371 Å². The van der Waals surface area contributed by atoms with Crippen molar-refractivity contribution in [2.24, 2.45) is 0 Å². The van der Waals surface area contributed by atoms with Gasteiger partial charge < -0.3 is 28.8 Å². The zero-order valence-corrected chi connectivity index (χ0v) is 35.5. The molecule has 0 saturated carbocycles. The van der Waals surface area contributed by atoms with Crippen molar-refractivity contribution in [3.05, 3.63) is 216 Å². The van der Waals surface area contributed by atoms with Crippen molar-refractivity contribution in [3.8, 4) is 56.6 Å². The Morgan fingerprint density at radius 1 is 0.359 bits per heavy atom. The molecule has 11 rings (SSSR count). The van der Waals surface area contributed by atoms with E-state index in [2.05, 4.69) is 108 Å². The summed E-state index contributed by atoms with van der Waals surface area (Å²) in [4.78, 5) is 0. The van der Waals surface area contributed by atoms with E-state index in [-0.39, 0.29) is 24.7 Å². The third-order valence-corrected chi connectivity index (χ3v) is 12.3. The molecule has 0 saturated heterocycles. The van der Waals surface area contributed by atoms with E-state index in [1.807, 2.05) is 109 Å². The molecule has 6 heteroatoms. The molecule has 0 aliphatic carbocycles. The quantitative estimate of drug-likeness (QED) is 0.144. The molecule has 2 heterocycles. The molecule has 9 aromatic carbocycles. The van der Waals surface area contributed by atoms with Crippen LogP contribution in [0, 0.1) is 13.8 Å². The van der Waals surface area contributed by atoms with Gasteiger partial charge in [-0.3, -0.25) is 0 Å². The molecule has 0 spiro atoms. The van der Waals surface area contributed by atoms with Gasteiger partial charge in [0, 0.05) is 43.8 Å². The molecule has 11 aromatic rings. The number of benzene rings is 9. The molecule has 0 aliphatic heterocycles. The van der Waals surface area contributed by atoms with Crippen molar-refractivity contribution in [2.75, 3.05) is 0 Å². The minimum atomic E-state index is 0.183. The zero-order chi connectivity index (χ0) is 43.3. The fourth-order valence-corrected chi connectivity index (χ4v) is 9.42. The zero-order valence-electron chi connectivity index (χ0n) is 35.5. The average molecular weight is 833 g/mol. The van der Waals surface area contributed by atoms with E-state index >= 15 is 0 Å². The Balaban J connectivity index is 0.893. The number of aryl methyl sites for hydroxylation is 2. The van der Waals surface area contributed by atoms with E-state index in [0.29, 0.717) is 34.0 Å². The minimum absolute atomic E-state index is 0.183. The monoisotopic (exact) mass is 832 g/mol. The highest BCUT2D eigenvalue weighted by Gasteiger charge is 2.22. The summed E-state index contributed by atoms with van der Waals surface area (Å²) in [6, 6.07) is 65.3. The van der Waals surface area contributed by atoms with Crippen LogP contribution in [0.5, 0.6) is 23.0 Å². The maximum Gasteiger partial charge on any atom is 0.147 e. The summed E-state index contributed by atoms with van der Waals surface area (Å²) in [7, 11) is 0. The number of nitrogens with zero attached hydrogens (tertiary/aromatic N) is 2. The highest BCUT2D eigenvalue weighted by Crippen LogP contribution is 2.45. The smallest absolute Gasteiger partial charge is 0.147 e. The molecule has 0 radical (unpaired) electrons. The first-order chi connectivity index (χ1) is 31.4. The number of rotatable bonds is 10. The normalized spacial score (nSPS) is 11.5. The first-order valence-electron chi connectivity index (χ1n) is 21.6. The number of hydrogen-bond donors (Lipinski definition) is 2. The summed E-state index contributed by atoms with van der Waals surface area (Å²) in [5.41, 5.74) is 12.5. The number of hydrogen-bond acceptors (Lipinski definition) is 4. The van der Waals surface area contributed by atoms with Gasteiger partial charge in [0.25, 0.3) is 0 Å². The third kappa shape index (κ3) is 6.59. The van der Waals surface area contributed by atoms with Gasteiger partial charge in [0.05, 0.1) is 33.4 Å². The summed E-state index contributed by atoms with van der Waals surface area (Å²) in [5.74, 6) is 1.68. The summed E-state index contributed by atoms with van der Waals surface area (Å²) in [5, 5.41) is 28.9. The van der Waals surface area contributed by atoms with Gasteiger partial charge in [-0.1, -0.05) is 133 Å². The van der Waals surface area contributed by atoms with Gasteiger partial charge in [0.2, 0.25) is 0 Å². The van der Waals surface area contributed by atoms with Crippen LogP contribution in [0.3, 0.4) is 0 Å². The predicted octanol–water partition coefficient (Wildman–Crippen LogP) is 14.4. The van der Waals surface area contributed by atoms with Crippen LogP contribution in [-0.2, 0) is 13.2 Å². The average Bonchev–Trinajstić information content (AvgIpc) is 3.85. The molecule has 2 N–H and O–H groups in total. The van der Waals surface area contributed by atoms with Gasteiger partial charge in [-0.25, -0.2) is 0 Å². The second-order valence-electron chi connectivity index (χ2n) is 16.4. The predicted molar refractivity (Wildman–Crippen MR) is 260 cm³/mol. The van der Waals surface area contributed by atoms with Crippen LogP contribution < -0.4 is 9.47 Å². The van der Waals surface area contributed by atoms with Crippen molar-refractivity contribution in [1.82, 2.24) is 9.13 Å². The molecule has 0 atom stereocenters. The molecule has 0 unspecified atom stereocenters. The topological polar surface area (TPSA) is 68.8 Å². The number of aromatic hydroxyl groups is 2. The van der Waals surface area contributed by atoms with Crippen LogP contribution in [0.25, 0.3) is 77.2 Å². The fourth-order valence-electron chi connectivity index (χ4n) is 9.42. The molecule has 64 heavy (non-hydrogen) atoms. The van der Waals surface area contributed by atoms with E-state index < -0.39 is 0 Å². The lowest BCUT2D eigenvalue weighted by Crippen LogP contribution is -2.05. The van der Waals surface area contributed by atoms with Gasteiger partial charge >= 0.3 is 0 Å². The Morgan fingerprint density at radius 2 is 0.672 bits per heavy atom. The minimum Gasteiger partial charge on any atom is -0.505 e. The van der Waals surface area contributed by atoms with Crippen molar-refractivity contribution < 1.29 is 19.7 Å². The summed E-state index contributed by atoms with van der Waals surface area (Å²) in [6.45, 7) is 4.68. The van der Waals surface area contributed by atoms with E-state index in [9.17, 15) is 10.2 Å². The lowest BCUT2D eigenvalue weighted by Gasteiger charge is -2.19. The van der Waals surface area contributed by atoms with E-state index in [1.165, 1.54) is 0 Å². The molecular weight excluding hydrogens is 789 g/mol. The molecule has 0 aliphatic rings. The summed E-state index contributed by atoms with van der Waals surface area (Å²) >= 11 is 0. The highest BCUT2D eigenvalue weighted by atomic mass is 16.5. The summed E-state index contributed by atoms with van der Waals surface area (Å²) < 4.78 is 17.6. The number of ether oxygens (including phenoxy) is 2. The summed E-state index contributed by atoms with van der Waals surface area (Å²) in [6.07, 6.45) is 0. The number of phenols is 2. The Kier molecular flexibility index (Phi) is 9.62. The second kappa shape index (κ2) is 15.9. The number of phenolic OH excluding ortho intramolecular Hbond substituents is 2. The van der Waals surface area contributed by atoms with Crippen LogP contribution in [-0.4, -0.2) is 19.3 Å². The first kappa shape index (κ1) is 38.7. The highest BCUT2D eigenvalue weighted by molar-refractivity contribution is 6.10. The van der Waals surface area contributed by atoms with Crippen LogP contribution >= 0.6 is 0 Å². The third-order valence-electron chi connectivity index (χ3n) is 12.3. The van der Waals surface area contributed by atoms with E-state index in [1.54, 1.807) is 0 Å². The first-order valence-corrected chi connectivity index (χ1v) is 21.6. The molecule has 0 amide bonds. The van der Waals surface area contributed by atoms with Gasteiger partial charge in [-0.2, -0.15) is 0 Å². The number of aromatic nitrogens is 2. The van der Waals surface area contributed by atoms with Crippen LogP contribution in [0.4, 0.5) is 0 Å². The van der Waals surface area contributed by atoms with Gasteiger partial charge in [0.15, 0.2) is 0 Å². The van der Waals surface area contributed by atoms with Crippen molar-refractivity contribution >= 4 is 43.6 Å². The molecule has 310 valence electrons. The van der Waals surface area contributed by atoms with Gasteiger partial charge in [-0.05, 0) is 96.8 Å². The number of fused-ring (bicyclic) bond motifs is 6. The van der Waals surface area contributed by atoms with Crippen molar-refractivity contribution in [1.29, 1.82) is 0 Å². The standard InChI is InChI=1S/C58H44N2O4/c1-37-31-47(57(61)53(33-37)59-49-25-11-5-19-41(49)42-20-6-12-26-50(42)59)45-23-9-15-29-55(45)63-35-39-17-3-4-18-40(39)36-64-56-30-16-10-24-46(56)48-32-38(2)34-54(58(48)62)60-51-27-13-7-21-43(51)44-22-8-14-28-52(44)60/h3-34,61-62H,35-36H2,1-2H3. The van der Waals surface area contributed by atoms with Crippen molar-refractivity contribution in [3.63, 3.8) is 0 Å².